The molecule has 0 spiro atoms. The zero-order valence-electron chi connectivity index (χ0n) is 19.3. The van der Waals surface area contributed by atoms with Crippen LogP contribution in [-0.4, -0.2) is 47.2 Å². The smallest absolute Gasteiger partial charge is 0.245 e. The SMILES string of the molecule is [C-]#[N+]c1cnc2cc(OC)c(OC3CCN(C(=O)C=C)CC3)cc2c1Nc1ccc(Cl)c(CO)c1. The maximum Gasteiger partial charge on any atom is 0.245 e. The normalized spacial score (nSPS) is 13.8. The van der Waals surface area contributed by atoms with E-state index < -0.39 is 0 Å². The van der Waals surface area contributed by atoms with Crippen LogP contribution in [0.4, 0.5) is 17.1 Å². The highest BCUT2D eigenvalue weighted by molar-refractivity contribution is 6.31. The fourth-order valence-corrected chi connectivity index (χ4v) is 4.26. The maximum atomic E-state index is 11.9. The van der Waals surface area contributed by atoms with E-state index in [4.69, 9.17) is 27.6 Å². The minimum absolute atomic E-state index is 0.0771. The van der Waals surface area contributed by atoms with Crippen molar-refractivity contribution in [2.45, 2.75) is 25.6 Å². The lowest BCUT2D eigenvalue weighted by Crippen LogP contribution is -2.41. The number of aromatic nitrogens is 1. The molecular weight excluding hydrogens is 468 g/mol. The van der Waals surface area contributed by atoms with Crippen molar-refractivity contribution >= 4 is 45.5 Å². The number of fused-ring (bicyclic) bond motifs is 1. The number of piperidine rings is 1. The van der Waals surface area contributed by atoms with Gasteiger partial charge in [-0.1, -0.05) is 18.2 Å². The molecule has 0 aliphatic carbocycles. The summed E-state index contributed by atoms with van der Waals surface area (Å²) in [4.78, 5) is 21.7. The lowest BCUT2D eigenvalue weighted by atomic mass is 10.1. The number of nitrogens with one attached hydrogen (secondary N) is 1. The number of likely N-dealkylation sites (tertiary alicyclic amines) is 1. The van der Waals surface area contributed by atoms with Crippen molar-refractivity contribution in [3.63, 3.8) is 0 Å². The van der Waals surface area contributed by atoms with Crippen molar-refractivity contribution in [1.82, 2.24) is 9.88 Å². The van der Waals surface area contributed by atoms with E-state index in [1.54, 1.807) is 36.3 Å². The van der Waals surface area contributed by atoms with Crippen LogP contribution >= 0.6 is 11.6 Å². The number of nitrogens with zero attached hydrogens (tertiary/aromatic N) is 3. The van der Waals surface area contributed by atoms with Gasteiger partial charge >= 0.3 is 0 Å². The maximum absolute atomic E-state index is 11.9. The molecule has 2 N–H and O–H groups in total. The summed E-state index contributed by atoms with van der Waals surface area (Å²) in [6.07, 6.45) is 4.11. The molecule has 1 aliphatic heterocycles. The van der Waals surface area contributed by atoms with E-state index in [2.05, 4.69) is 21.7 Å². The van der Waals surface area contributed by atoms with Crippen LogP contribution in [0, 0.1) is 6.57 Å². The van der Waals surface area contributed by atoms with Crippen LogP contribution in [0.1, 0.15) is 18.4 Å². The van der Waals surface area contributed by atoms with E-state index in [9.17, 15) is 9.90 Å². The van der Waals surface area contributed by atoms with Gasteiger partial charge < -0.3 is 24.8 Å². The molecule has 0 bridgehead atoms. The first kappa shape index (κ1) is 24.3. The Hall–Kier alpha value is -3.80. The molecule has 2 heterocycles. The lowest BCUT2D eigenvalue weighted by molar-refractivity contribution is -0.127. The molecule has 9 heteroatoms. The van der Waals surface area contributed by atoms with Crippen molar-refractivity contribution < 1.29 is 19.4 Å². The molecule has 35 heavy (non-hydrogen) atoms. The number of aliphatic hydroxyl groups excluding tert-OH is 1. The van der Waals surface area contributed by atoms with E-state index in [0.717, 1.165) is 0 Å². The van der Waals surface area contributed by atoms with Gasteiger partial charge in [0.2, 0.25) is 11.6 Å². The van der Waals surface area contributed by atoms with Crippen molar-refractivity contribution in [3.05, 3.63) is 71.2 Å². The Bertz CT molecular complexity index is 1310. The van der Waals surface area contributed by atoms with E-state index >= 15 is 0 Å². The first-order valence-electron chi connectivity index (χ1n) is 11.1. The molecule has 0 saturated carbocycles. The first-order valence-corrected chi connectivity index (χ1v) is 11.5. The number of rotatable bonds is 7. The number of hydrogen-bond acceptors (Lipinski definition) is 6. The molecule has 1 aromatic heterocycles. The number of hydrogen-bond donors (Lipinski definition) is 2. The minimum atomic E-state index is -0.201. The number of carbonyl (C=O) groups is 1. The van der Waals surface area contributed by atoms with Gasteiger partial charge in [-0.15, -0.1) is 0 Å². The van der Waals surface area contributed by atoms with Crippen LogP contribution in [0.25, 0.3) is 15.7 Å². The predicted octanol–water partition coefficient (Wildman–Crippen LogP) is 5.24. The Balaban J connectivity index is 1.69. The molecule has 0 unspecified atom stereocenters. The van der Waals surface area contributed by atoms with E-state index in [-0.39, 0.29) is 18.6 Å². The molecule has 0 radical (unpaired) electrons. The van der Waals surface area contributed by atoms with Crippen LogP contribution in [0.15, 0.2) is 49.2 Å². The number of methoxy groups -OCH3 is 1. The van der Waals surface area contributed by atoms with Gasteiger partial charge in [0, 0.05) is 54.3 Å². The van der Waals surface area contributed by atoms with Crippen molar-refractivity contribution in [3.8, 4) is 11.5 Å². The quantitative estimate of drug-likeness (QED) is 0.346. The third-order valence-electron chi connectivity index (χ3n) is 5.96. The van der Waals surface area contributed by atoms with E-state index in [1.807, 2.05) is 6.07 Å². The second-order valence-corrected chi connectivity index (χ2v) is 8.49. The number of aliphatic hydroxyl groups is 1. The third-order valence-corrected chi connectivity index (χ3v) is 6.33. The summed E-state index contributed by atoms with van der Waals surface area (Å²) in [5.41, 5.74) is 2.78. The Labute approximate surface area is 208 Å². The zero-order valence-corrected chi connectivity index (χ0v) is 20.0. The second-order valence-electron chi connectivity index (χ2n) is 8.09. The number of anilines is 2. The molecule has 8 nitrogen and oxygen atoms in total. The van der Waals surface area contributed by atoms with Crippen LogP contribution in [0.5, 0.6) is 11.5 Å². The second kappa shape index (κ2) is 10.6. The number of pyridine rings is 1. The van der Waals surface area contributed by atoms with E-state index in [1.165, 1.54) is 12.3 Å². The third kappa shape index (κ3) is 5.16. The standard InChI is InChI=1S/C26H25ClN4O4/c1-4-25(33)31-9-7-18(8-10-31)35-24-12-19-21(13-23(24)34-3)29-14-22(28-2)26(19)30-17-5-6-20(27)16(11-17)15-32/h4-6,11-14,18,32H,1,7-10,15H2,3H3,(H,29,30). The Kier molecular flexibility index (Phi) is 7.39. The highest BCUT2D eigenvalue weighted by atomic mass is 35.5. The van der Waals surface area contributed by atoms with Gasteiger partial charge in [0.1, 0.15) is 6.10 Å². The number of benzene rings is 2. The topological polar surface area (TPSA) is 88.3 Å². The lowest BCUT2D eigenvalue weighted by Gasteiger charge is -2.31. The highest BCUT2D eigenvalue weighted by Crippen LogP contribution is 2.41. The fraction of sp³-hybridized carbons (Fsp3) is 0.269. The van der Waals surface area contributed by atoms with Crippen molar-refractivity contribution in [1.29, 1.82) is 0 Å². The van der Waals surface area contributed by atoms with Gasteiger partial charge in [-0.3, -0.25) is 9.78 Å². The zero-order chi connectivity index (χ0) is 24.9. The molecule has 1 saturated heterocycles. The van der Waals surface area contributed by atoms with Crippen LogP contribution in [0.3, 0.4) is 0 Å². The van der Waals surface area contributed by atoms with Gasteiger partial charge in [-0.25, -0.2) is 4.85 Å². The summed E-state index contributed by atoms with van der Waals surface area (Å²) in [5.74, 6) is 0.990. The van der Waals surface area contributed by atoms with Gasteiger partial charge in [-0.05, 0) is 35.9 Å². The minimum Gasteiger partial charge on any atom is -0.493 e. The number of halogens is 1. The molecule has 1 fully saturated rings. The van der Waals surface area contributed by atoms with Gasteiger partial charge in [-0.2, -0.15) is 0 Å². The number of ether oxygens (including phenoxy) is 2. The van der Waals surface area contributed by atoms with Gasteiger partial charge in [0.25, 0.3) is 0 Å². The largest absolute Gasteiger partial charge is 0.493 e. The van der Waals surface area contributed by atoms with Gasteiger partial charge in [0.15, 0.2) is 11.5 Å². The summed E-state index contributed by atoms with van der Waals surface area (Å²) in [7, 11) is 1.57. The number of amides is 1. The van der Waals surface area contributed by atoms with Crippen LogP contribution < -0.4 is 14.8 Å². The van der Waals surface area contributed by atoms with Gasteiger partial charge in [0.05, 0.1) is 31.5 Å². The summed E-state index contributed by atoms with van der Waals surface area (Å²) >= 11 is 6.13. The summed E-state index contributed by atoms with van der Waals surface area (Å²) in [6, 6.07) is 8.81. The van der Waals surface area contributed by atoms with Crippen LogP contribution in [0.2, 0.25) is 5.02 Å². The molecule has 2 aromatic carbocycles. The molecule has 180 valence electrons. The van der Waals surface area contributed by atoms with E-state index in [0.29, 0.717) is 76.0 Å². The molecule has 1 aliphatic rings. The highest BCUT2D eigenvalue weighted by Gasteiger charge is 2.24. The molecule has 3 aromatic rings. The van der Waals surface area contributed by atoms with Crippen molar-refractivity contribution in [2.24, 2.45) is 0 Å². The first-order chi connectivity index (χ1) is 17.0. The van der Waals surface area contributed by atoms with Crippen molar-refractivity contribution in [2.75, 3.05) is 25.5 Å². The number of carbonyl (C=O) groups excluding carboxylic acids is 1. The summed E-state index contributed by atoms with van der Waals surface area (Å²) in [6.45, 7) is 12.2. The average molecular weight is 493 g/mol. The summed E-state index contributed by atoms with van der Waals surface area (Å²) < 4.78 is 11.9. The van der Waals surface area contributed by atoms with Crippen LogP contribution in [-0.2, 0) is 11.4 Å². The molecule has 4 rings (SSSR count). The predicted molar refractivity (Wildman–Crippen MR) is 136 cm³/mol. The molecule has 0 atom stereocenters. The fourth-order valence-electron chi connectivity index (χ4n) is 4.08. The Morgan fingerprint density at radius 3 is 2.77 bits per heavy atom. The summed E-state index contributed by atoms with van der Waals surface area (Å²) in [5, 5.41) is 14.0. The monoisotopic (exact) mass is 492 g/mol. The molecule has 1 amide bonds. The Morgan fingerprint density at radius 1 is 1.34 bits per heavy atom. The Morgan fingerprint density at radius 2 is 2.11 bits per heavy atom. The average Bonchev–Trinajstić information content (AvgIpc) is 2.89. The molecular formula is C26H25ClN4O4.